The zero-order valence-corrected chi connectivity index (χ0v) is 19.7. The molecule has 1 N–H and O–H groups in total. The van der Waals surface area contributed by atoms with Crippen LogP contribution in [0.25, 0.3) is 0 Å². The van der Waals surface area contributed by atoms with Crippen molar-refractivity contribution in [3.05, 3.63) is 63.7 Å². The molecule has 0 spiro atoms. The smallest absolute Gasteiger partial charge is 0.244 e. The van der Waals surface area contributed by atoms with Crippen LogP contribution in [0.4, 0.5) is 0 Å². The Morgan fingerprint density at radius 2 is 1.81 bits per heavy atom. The predicted molar refractivity (Wildman–Crippen MR) is 122 cm³/mol. The van der Waals surface area contributed by atoms with Gasteiger partial charge in [-0.1, -0.05) is 41.4 Å². The Morgan fingerprint density at radius 1 is 1.16 bits per heavy atom. The molecule has 2 aromatic carbocycles. The summed E-state index contributed by atoms with van der Waals surface area (Å²) in [4.78, 5) is 12.9. The summed E-state index contributed by atoms with van der Waals surface area (Å²) in [5, 5.41) is 3.39. The average Bonchev–Trinajstić information content (AvgIpc) is 3.20. The van der Waals surface area contributed by atoms with Gasteiger partial charge in [-0.15, -0.1) is 0 Å². The molecule has 8 heteroatoms. The third-order valence-electron chi connectivity index (χ3n) is 5.35. The third kappa shape index (κ3) is 6.07. The summed E-state index contributed by atoms with van der Waals surface area (Å²) in [7, 11) is -3.91. The number of nitrogens with zero attached hydrogens (tertiary/aromatic N) is 1. The summed E-state index contributed by atoms with van der Waals surface area (Å²) < 4.78 is 34.1. The Bertz CT molecular complexity index is 1010. The molecule has 0 unspecified atom stereocenters. The number of sulfonamides is 1. The summed E-state index contributed by atoms with van der Waals surface area (Å²) in [6.45, 7) is 6.38. The van der Waals surface area contributed by atoms with Crippen LogP contribution >= 0.6 is 11.6 Å². The molecule has 1 heterocycles. The van der Waals surface area contributed by atoms with E-state index < -0.39 is 10.0 Å². The molecule has 0 aromatic heterocycles. The van der Waals surface area contributed by atoms with Crippen LogP contribution in [0.1, 0.15) is 35.1 Å². The van der Waals surface area contributed by atoms with Crippen molar-refractivity contribution in [2.75, 3.05) is 19.7 Å². The fourth-order valence-corrected chi connectivity index (χ4v) is 5.89. The quantitative estimate of drug-likeness (QED) is 0.645. The van der Waals surface area contributed by atoms with Crippen molar-refractivity contribution in [2.24, 2.45) is 0 Å². The molecule has 0 aliphatic carbocycles. The van der Waals surface area contributed by atoms with E-state index in [0.29, 0.717) is 29.3 Å². The van der Waals surface area contributed by atoms with Crippen molar-refractivity contribution in [2.45, 2.75) is 51.2 Å². The normalized spacial score (nSPS) is 16.6. The predicted octanol–water partition coefficient (Wildman–Crippen LogP) is 3.75. The van der Waals surface area contributed by atoms with Gasteiger partial charge in [-0.3, -0.25) is 4.79 Å². The average molecular weight is 465 g/mol. The van der Waals surface area contributed by atoms with E-state index in [1.807, 2.05) is 19.1 Å². The minimum atomic E-state index is -3.91. The van der Waals surface area contributed by atoms with E-state index in [9.17, 15) is 13.2 Å². The molecule has 0 bridgehead atoms. The first kappa shape index (κ1) is 23.7. The highest BCUT2D eigenvalue weighted by molar-refractivity contribution is 7.89. The second-order valence-electron chi connectivity index (χ2n) is 8.07. The summed E-state index contributed by atoms with van der Waals surface area (Å²) in [5.74, 6) is -0.351. The van der Waals surface area contributed by atoms with Gasteiger partial charge in [0.2, 0.25) is 15.9 Å². The topological polar surface area (TPSA) is 75.7 Å². The summed E-state index contributed by atoms with van der Waals surface area (Å²) in [5.41, 5.74) is 3.08. The van der Waals surface area contributed by atoms with E-state index in [4.69, 9.17) is 16.3 Å². The highest BCUT2D eigenvalue weighted by atomic mass is 35.5. The van der Waals surface area contributed by atoms with E-state index in [-0.39, 0.29) is 30.0 Å². The van der Waals surface area contributed by atoms with Gasteiger partial charge < -0.3 is 10.1 Å². The zero-order chi connectivity index (χ0) is 22.6. The monoisotopic (exact) mass is 464 g/mol. The van der Waals surface area contributed by atoms with Gasteiger partial charge in [0.05, 0.1) is 17.5 Å². The number of hydrogen-bond donors (Lipinski definition) is 1. The van der Waals surface area contributed by atoms with Gasteiger partial charge in [0, 0.05) is 24.7 Å². The lowest BCUT2D eigenvalue weighted by Gasteiger charge is -2.24. The van der Waals surface area contributed by atoms with Crippen LogP contribution in [0.15, 0.2) is 41.3 Å². The van der Waals surface area contributed by atoms with Crippen LogP contribution in [0.5, 0.6) is 0 Å². The Kier molecular flexibility index (Phi) is 7.75. The number of aryl methyl sites for hydroxylation is 3. The molecule has 0 saturated carbocycles. The lowest BCUT2D eigenvalue weighted by atomic mass is 10.1. The maximum absolute atomic E-state index is 13.6. The van der Waals surface area contributed by atoms with Gasteiger partial charge >= 0.3 is 0 Å². The summed E-state index contributed by atoms with van der Waals surface area (Å²) in [6, 6.07) is 10.6. The van der Waals surface area contributed by atoms with Crippen LogP contribution in [-0.2, 0) is 26.1 Å². The van der Waals surface area contributed by atoms with Crippen LogP contribution in [0.3, 0.4) is 0 Å². The fraction of sp³-hybridized carbons (Fsp3) is 0.435. The van der Waals surface area contributed by atoms with Crippen molar-refractivity contribution < 1.29 is 17.9 Å². The third-order valence-corrected chi connectivity index (χ3v) is 7.70. The number of hydrogen-bond acceptors (Lipinski definition) is 4. The Morgan fingerprint density at radius 3 is 2.39 bits per heavy atom. The largest absolute Gasteiger partial charge is 0.376 e. The minimum absolute atomic E-state index is 0.00754. The van der Waals surface area contributed by atoms with Crippen molar-refractivity contribution in [3.63, 3.8) is 0 Å². The van der Waals surface area contributed by atoms with Gasteiger partial charge in [-0.25, -0.2) is 8.42 Å². The van der Waals surface area contributed by atoms with Gasteiger partial charge in [0.25, 0.3) is 0 Å². The first-order valence-electron chi connectivity index (χ1n) is 10.4. The molecular formula is C23H29ClN2O4S. The Balaban J connectivity index is 1.86. The molecular weight excluding hydrogens is 436 g/mol. The van der Waals surface area contributed by atoms with Crippen molar-refractivity contribution in [1.82, 2.24) is 9.62 Å². The van der Waals surface area contributed by atoms with Crippen molar-refractivity contribution in [1.29, 1.82) is 0 Å². The molecule has 1 aliphatic rings. The molecule has 1 amide bonds. The molecule has 168 valence electrons. The highest BCUT2D eigenvalue weighted by Crippen LogP contribution is 2.26. The van der Waals surface area contributed by atoms with Crippen molar-refractivity contribution in [3.8, 4) is 0 Å². The molecule has 1 atom stereocenters. The minimum Gasteiger partial charge on any atom is -0.376 e. The van der Waals surface area contributed by atoms with E-state index in [1.165, 1.54) is 4.31 Å². The number of benzene rings is 2. The molecule has 0 radical (unpaired) electrons. The van der Waals surface area contributed by atoms with Gasteiger partial charge in [0.1, 0.15) is 0 Å². The first-order valence-corrected chi connectivity index (χ1v) is 12.2. The SMILES string of the molecule is Cc1cc(C)c(S(=O)(=O)N(CC(=O)NC[C@@H]2CCCO2)Cc2ccc(Cl)cc2)c(C)c1. The Hall–Kier alpha value is -1.93. The number of rotatable bonds is 8. The maximum Gasteiger partial charge on any atom is 0.244 e. The molecule has 1 aliphatic heterocycles. The molecule has 2 aromatic rings. The molecule has 1 fully saturated rings. The van der Waals surface area contributed by atoms with Gasteiger partial charge in [0.15, 0.2) is 0 Å². The summed E-state index contributed by atoms with van der Waals surface area (Å²) in [6.07, 6.45) is 1.87. The number of halogens is 1. The number of nitrogens with one attached hydrogen (secondary N) is 1. The second kappa shape index (κ2) is 10.1. The van der Waals surface area contributed by atoms with E-state index in [0.717, 1.165) is 24.0 Å². The van der Waals surface area contributed by atoms with E-state index >= 15 is 0 Å². The molecule has 3 rings (SSSR count). The van der Waals surface area contributed by atoms with Crippen LogP contribution in [0.2, 0.25) is 5.02 Å². The lowest BCUT2D eigenvalue weighted by Crippen LogP contribution is -2.42. The van der Waals surface area contributed by atoms with E-state index in [2.05, 4.69) is 5.32 Å². The molecule has 31 heavy (non-hydrogen) atoms. The number of carbonyl (C=O) groups excluding carboxylic acids is 1. The Labute approximate surface area is 189 Å². The molecule has 1 saturated heterocycles. The first-order chi connectivity index (χ1) is 14.7. The maximum atomic E-state index is 13.6. The van der Waals surface area contributed by atoms with Crippen LogP contribution < -0.4 is 5.32 Å². The standard InChI is InChI=1S/C23H29ClN2O4S/c1-16-11-17(2)23(18(3)12-16)31(28,29)26(14-19-6-8-20(24)9-7-19)15-22(27)25-13-21-5-4-10-30-21/h6-9,11-12,21H,4-5,10,13-15H2,1-3H3,(H,25,27)/t21-/m0/s1. The number of amides is 1. The fourth-order valence-electron chi connectivity index (χ4n) is 3.97. The highest BCUT2D eigenvalue weighted by Gasteiger charge is 2.30. The molecule has 6 nitrogen and oxygen atoms in total. The van der Waals surface area contributed by atoms with E-state index in [1.54, 1.807) is 38.1 Å². The zero-order valence-electron chi connectivity index (χ0n) is 18.2. The van der Waals surface area contributed by atoms with Crippen LogP contribution in [-0.4, -0.2) is 44.4 Å². The van der Waals surface area contributed by atoms with Gasteiger partial charge in [-0.2, -0.15) is 4.31 Å². The number of carbonyl (C=O) groups is 1. The number of ether oxygens (including phenoxy) is 1. The van der Waals surface area contributed by atoms with Crippen LogP contribution in [0, 0.1) is 20.8 Å². The van der Waals surface area contributed by atoms with Crippen molar-refractivity contribution >= 4 is 27.5 Å². The lowest BCUT2D eigenvalue weighted by molar-refractivity contribution is -0.121. The summed E-state index contributed by atoms with van der Waals surface area (Å²) >= 11 is 5.97. The van der Waals surface area contributed by atoms with Gasteiger partial charge in [-0.05, 0) is 62.4 Å². The second-order valence-corrected chi connectivity index (χ2v) is 10.4.